The van der Waals surface area contributed by atoms with Crippen LogP contribution >= 0.6 is 0 Å². The minimum Gasteiger partial charge on any atom is -0.392 e. The van der Waals surface area contributed by atoms with Gasteiger partial charge in [-0.15, -0.1) is 0 Å². The molecule has 4 heteroatoms. The van der Waals surface area contributed by atoms with Crippen molar-refractivity contribution in [2.45, 2.75) is 31.4 Å². The zero-order valence-electron chi connectivity index (χ0n) is 10.2. The predicted octanol–water partition coefficient (Wildman–Crippen LogP) is 0.0676. The summed E-state index contributed by atoms with van der Waals surface area (Å²) >= 11 is 0. The first-order chi connectivity index (χ1) is 7.74. The Morgan fingerprint density at radius 2 is 2.25 bits per heavy atom. The number of hydrogen-bond donors (Lipinski definition) is 2. The van der Waals surface area contributed by atoms with Crippen molar-refractivity contribution < 1.29 is 9.84 Å². The summed E-state index contributed by atoms with van der Waals surface area (Å²) in [6, 6.07) is 0.448. The van der Waals surface area contributed by atoms with E-state index in [4.69, 9.17) is 4.74 Å². The van der Waals surface area contributed by atoms with E-state index in [-0.39, 0.29) is 6.10 Å². The highest BCUT2D eigenvalue weighted by molar-refractivity contribution is 4.82. The topological polar surface area (TPSA) is 44.7 Å². The Bertz CT molecular complexity index is 209. The summed E-state index contributed by atoms with van der Waals surface area (Å²) in [5.41, 5.74) is 0. The van der Waals surface area contributed by atoms with Crippen molar-refractivity contribution in [2.24, 2.45) is 5.92 Å². The normalized spacial score (nSPS) is 30.2. The molecule has 1 aliphatic carbocycles. The maximum atomic E-state index is 9.39. The largest absolute Gasteiger partial charge is 0.392 e. The van der Waals surface area contributed by atoms with Crippen LogP contribution in [-0.2, 0) is 4.74 Å². The molecule has 94 valence electrons. The van der Waals surface area contributed by atoms with Crippen molar-refractivity contribution in [3.05, 3.63) is 0 Å². The lowest BCUT2D eigenvalue weighted by atomic mass is 10.2. The van der Waals surface area contributed by atoms with Crippen LogP contribution in [0.4, 0.5) is 0 Å². The van der Waals surface area contributed by atoms with Gasteiger partial charge in [-0.3, -0.25) is 0 Å². The molecule has 16 heavy (non-hydrogen) atoms. The standard InChI is InChI=1S/C12H24N2O2/c1-14(4-5-16-9-10-2-3-10)8-11-6-12(15)7-13-11/h10-13,15H,2-9H2,1H3. The highest BCUT2D eigenvalue weighted by Crippen LogP contribution is 2.28. The molecule has 2 rings (SSSR count). The molecule has 1 saturated heterocycles. The van der Waals surface area contributed by atoms with Gasteiger partial charge in [-0.1, -0.05) is 0 Å². The SMILES string of the molecule is CN(CCOCC1CC1)CC1CC(O)CN1. The van der Waals surface area contributed by atoms with Gasteiger partial charge in [0.05, 0.1) is 12.7 Å². The van der Waals surface area contributed by atoms with E-state index in [1.165, 1.54) is 12.8 Å². The summed E-state index contributed by atoms with van der Waals surface area (Å²) in [6.45, 7) is 4.53. The summed E-state index contributed by atoms with van der Waals surface area (Å²) in [4.78, 5) is 2.28. The van der Waals surface area contributed by atoms with Crippen molar-refractivity contribution in [1.29, 1.82) is 0 Å². The Balaban J connectivity index is 1.48. The van der Waals surface area contributed by atoms with E-state index in [2.05, 4.69) is 17.3 Å². The van der Waals surface area contributed by atoms with Crippen LogP contribution < -0.4 is 5.32 Å². The van der Waals surface area contributed by atoms with Crippen LogP contribution in [0, 0.1) is 5.92 Å². The van der Waals surface area contributed by atoms with E-state index in [1.807, 2.05) is 0 Å². The third-order valence-electron chi connectivity index (χ3n) is 3.40. The number of nitrogens with one attached hydrogen (secondary N) is 1. The zero-order valence-corrected chi connectivity index (χ0v) is 10.2. The lowest BCUT2D eigenvalue weighted by molar-refractivity contribution is 0.101. The maximum absolute atomic E-state index is 9.39. The van der Waals surface area contributed by atoms with Gasteiger partial charge in [0.25, 0.3) is 0 Å². The average molecular weight is 228 g/mol. The molecule has 2 aliphatic rings. The third-order valence-corrected chi connectivity index (χ3v) is 3.40. The van der Waals surface area contributed by atoms with Crippen molar-refractivity contribution in [3.8, 4) is 0 Å². The van der Waals surface area contributed by atoms with Crippen LogP contribution in [0.15, 0.2) is 0 Å². The summed E-state index contributed by atoms with van der Waals surface area (Å²) in [6.07, 6.45) is 3.46. The number of rotatable bonds is 7. The number of β-amino-alcohol motifs (C(OH)–C–C–N with tert-alkyl or cyclic N) is 1. The van der Waals surface area contributed by atoms with Crippen LogP contribution in [0.1, 0.15) is 19.3 Å². The zero-order chi connectivity index (χ0) is 11.4. The first-order valence-electron chi connectivity index (χ1n) is 6.42. The number of nitrogens with zero attached hydrogens (tertiary/aromatic N) is 1. The molecule has 0 aromatic rings. The summed E-state index contributed by atoms with van der Waals surface area (Å²) in [5, 5.41) is 12.7. The molecule has 0 aromatic heterocycles. The molecule has 1 saturated carbocycles. The Morgan fingerprint density at radius 1 is 1.44 bits per heavy atom. The van der Waals surface area contributed by atoms with Crippen molar-refractivity contribution >= 4 is 0 Å². The Kier molecular flexibility index (Phi) is 4.58. The molecule has 0 amide bonds. The second-order valence-corrected chi connectivity index (χ2v) is 5.28. The first kappa shape index (κ1) is 12.3. The van der Waals surface area contributed by atoms with E-state index < -0.39 is 0 Å². The fourth-order valence-corrected chi connectivity index (χ4v) is 2.16. The molecule has 2 fully saturated rings. The van der Waals surface area contributed by atoms with Gasteiger partial charge in [-0.25, -0.2) is 0 Å². The third kappa shape index (κ3) is 4.37. The second-order valence-electron chi connectivity index (χ2n) is 5.28. The molecule has 2 unspecified atom stereocenters. The fraction of sp³-hybridized carbons (Fsp3) is 1.00. The number of aliphatic hydroxyl groups excluding tert-OH is 1. The van der Waals surface area contributed by atoms with Gasteiger partial charge >= 0.3 is 0 Å². The number of likely N-dealkylation sites (N-methyl/N-ethyl adjacent to an activating group) is 1. The van der Waals surface area contributed by atoms with Crippen LogP contribution in [0.5, 0.6) is 0 Å². The first-order valence-corrected chi connectivity index (χ1v) is 6.42. The summed E-state index contributed by atoms with van der Waals surface area (Å²) in [7, 11) is 2.12. The molecular weight excluding hydrogens is 204 g/mol. The quantitative estimate of drug-likeness (QED) is 0.605. The molecule has 0 radical (unpaired) electrons. The molecular formula is C12H24N2O2. The number of ether oxygens (including phenoxy) is 1. The molecule has 4 nitrogen and oxygen atoms in total. The maximum Gasteiger partial charge on any atom is 0.0680 e. The van der Waals surface area contributed by atoms with Gasteiger partial charge in [0.15, 0.2) is 0 Å². The summed E-state index contributed by atoms with van der Waals surface area (Å²) in [5.74, 6) is 0.858. The number of hydrogen-bond acceptors (Lipinski definition) is 4. The van der Waals surface area contributed by atoms with Crippen molar-refractivity contribution in [3.63, 3.8) is 0 Å². The minimum atomic E-state index is -0.149. The Labute approximate surface area is 98.0 Å². The number of aliphatic hydroxyl groups is 1. The van der Waals surface area contributed by atoms with Gasteiger partial charge in [0.1, 0.15) is 0 Å². The van der Waals surface area contributed by atoms with Crippen LogP contribution in [0.3, 0.4) is 0 Å². The summed E-state index contributed by atoms with van der Waals surface area (Å²) < 4.78 is 5.60. The van der Waals surface area contributed by atoms with Crippen molar-refractivity contribution in [1.82, 2.24) is 10.2 Å². The van der Waals surface area contributed by atoms with E-state index in [0.717, 1.165) is 45.2 Å². The lowest BCUT2D eigenvalue weighted by Crippen LogP contribution is -2.36. The smallest absolute Gasteiger partial charge is 0.0680 e. The van der Waals surface area contributed by atoms with Crippen LogP contribution in [0.25, 0.3) is 0 Å². The van der Waals surface area contributed by atoms with Crippen molar-refractivity contribution in [2.75, 3.05) is 39.9 Å². The molecule has 1 heterocycles. The van der Waals surface area contributed by atoms with Gasteiger partial charge in [-0.05, 0) is 32.2 Å². The molecule has 2 N–H and O–H groups in total. The lowest BCUT2D eigenvalue weighted by Gasteiger charge is -2.20. The van der Waals surface area contributed by atoms with Crippen LogP contribution in [0.2, 0.25) is 0 Å². The van der Waals surface area contributed by atoms with E-state index >= 15 is 0 Å². The van der Waals surface area contributed by atoms with Gasteiger partial charge in [0, 0.05) is 32.3 Å². The van der Waals surface area contributed by atoms with Crippen LogP contribution in [-0.4, -0.2) is 62.0 Å². The molecule has 2 atom stereocenters. The van der Waals surface area contributed by atoms with Gasteiger partial charge in [0.2, 0.25) is 0 Å². The van der Waals surface area contributed by atoms with E-state index in [9.17, 15) is 5.11 Å². The van der Waals surface area contributed by atoms with E-state index in [0.29, 0.717) is 6.04 Å². The molecule has 1 aliphatic heterocycles. The Morgan fingerprint density at radius 3 is 2.88 bits per heavy atom. The van der Waals surface area contributed by atoms with Gasteiger partial charge in [-0.2, -0.15) is 0 Å². The predicted molar refractivity (Wildman–Crippen MR) is 63.5 cm³/mol. The highest BCUT2D eigenvalue weighted by Gasteiger charge is 2.23. The monoisotopic (exact) mass is 228 g/mol. The second kappa shape index (κ2) is 5.96. The average Bonchev–Trinajstić information content (AvgIpc) is 2.98. The molecule has 0 aromatic carbocycles. The minimum absolute atomic E-state index is 0.149. The van der Waals surface area contributed by atoms with Gasteiger partial charge < -0.3 is 20.1 Å². The highest BCUT2D eigenvalue weighted by atomic mass is 16.5. The Hall–Kier alpha value is -0.160. The molecule has 0 spiro atoms. The molecule has 0 bridgehead atoms. The van der Waals surface area contributed by atoms with E-state index in [1.54, 1.807) is 0 Å². The fourth-order valence-electron chi connectivity index (χ4n) is 2.16.